The van der Waals surface area contributed by atoms with Crippen LogP contribution < -0.4 is 0 Å². The van der Waals surface area contributed by atoms with Gasteiger partial charge in [-0.05, 0) is 73.8 Å². The SMILES string of the molecule is CC(C)c1ccc2ccc3c(-c4ccc(-c5ccc6c(ccc7ccccc76)c5)cc4)cc(C(C)C)nc3c2n1. The molecule has 2 nitrogen and oxygen atoms in total. The van der Waals surface area contributed by atoms with E-state index in [-0.39, 0.29) is 0 Å². The van der Waals surface area contributed by atoms with Crippen LogP contribution >= 0.6 is 0 Å². The Morgan fingerprint density at radius 3 is 1.82 bits per heavy atom. The maximum absolute atomic E-state index is 5.14. The van der Waals surface area contributed by atoms with Gasteiger partial charge in [-0.25, -0.2) is 0 Å². The first-order valence-electron chi connectivity index (χ1n) is 14.2. The van der Waals surface area contributed by atoms with E-state index in [9.17, 15) is 0 Å². The summed E-state index contributed by atoms with van der Waals surface area (Å²) in [5.41, 5.74) is 9.04. The van der Waals surface area contributed by atoms with Crippen LogP contribution in [0.25, 0.3) is 65.6 Å². The minimum absolute atomic E-state index is 0.319. The van der Waals surface area contributed by atoms with Gasteiger partial charge >= 0.3 is 0 Å². The molecule has 0 atom stereocenters. The van der Waals surface area contributed by atoms with Gasteiger partial charge in [0.05, 0.1) is 11.0 Å². The number of hydrogen-bond acceptors (Lipinski definition) is 2. The highest BCUT2D eigenvalue weighted by Gasteiger charge is 2.15. The maximum Gasteiger partial charge on any atom is 0.0974 e. The van der Waals surface area contributed by atoms with Gasteiger partial charge in [0.2, 0.25) is 0 Å². The van der Waals surface area contributed by atoms with E-state index >= 15 is 0 Å². The van der Waals surface area contributed by atoms with Crippen molar-refractivity contribution in [2.75, 3.05) is 0 Å². The van der Waals surface area contributed by atoms with E-state index in [4.69, 9.17) is 9.97 Å². The molecule has 7 aromatic rings. The summed E-state index contributed by atoms with van der Waals surface area (Å²) in [5, 5.41) is 7.42. The number of benzene rings is 5. The summed E-state index contributed by atoms with van der Waals surface area (Å²) in [6, 6.07) is 39.8. The lowest BCUT2D eigenvalue weighted by atomic mass is 9.93. The van der Waals surface area contributed by atoms with Crippen LogP contribution in [0, 0.1) is 0 Å². The van der Waals surface area contributed by atoms with Crippen LogP contribution in [-0.2, 0) is 0 Å². The summed E-state index contributed by atoms with van der Waals surface area (Å²) in [4.78, 5) is 10.2. The molecule has 0 saturated heterocycles. The minimum Gasteiger partial charge on any atom is -0.250 e. The van der Waals surface area contributed by atoms with Crippen LogP contribution in [0.5, 0.6) is 0 Å². The third-order valence-corrected chi connectivity index (χ3v) is 8.14. The summed E-state index contributed by atoms with van der Waals surface area (Å²) < 4.78 is 0. The summed E-state index contributed by atoms with van der Waals surface area (Å²) in [6.07, 6.45) is 0. The van der Waals surface area contributed by atoms with E-state index in [1.807, 2.05) is 0 Å². The quantitative estimate of drug-likeness (QED) is 0.217. The van der Waals surface area contributed by atoms with Crippen LogP contribution in [0.1, 0.15) is 50.9 Å². The van der Waals surface area contributed by atoms with Crippen molar-refractivity contribution in [2.24, 2.45) is 0 Å². The lowest BCUT2D eigenvalue weighted by Crippen LogP contribution is -1.99. The summed E-state index contributed by atoms with van der Waals surface area (Å²) >= 11 is 0. The van der Waals surface area contributed by atoms with Crippen LogP contribution in [0.3, 0.4) is 0 Å². The first-order valence-corrected chi connectivity index (χ1v) is 14.2. The first-order chi connectivity index (χ1) is 19.5. The summed E-state index contributed by atoms with van der Waals surface area (Å²) in [6.45, 7) is 8.80. The van der Waals surface area contributed by atoms with Crippen molar-refractivity contribution in [2.45, 2.75) is 39.5 Å². The number of aromatic nitrogens is 2. The smallest absolute Gasteiger partial charge is 0.0974 e. The Labute approximate surface area is 235 Å². The van der Waals surface area contributed by atoms with Gasteiger partial charge in [-0.3, -0.25) is 9.97 Å². The highest BCUT2D eigenvalue weighted by molar-refractivity contribution is 6.09. The van der Waals surface area contributed by atoms with Crippen molar-refractivity contribution < 1.29 is 0 Å². The Hall–Kier alpha value is -4.56. The lowest BCUT2D eigenvalue weighted by Gasteiger charge is -2.15. The fourth-order valence-corrected chi connectivity index (χ4v) is 5.80. The van der Waals surface area contributed by atoms with Crippen LogP contribution in [-0.4, -0.2) is 9.97 Å². The Bertz CT molecular complexity index is 2050. The molecule has 0 N–H and O–H groups in total. The van der Waals surface area contributed by atoms with Gasteiger partial charge in [0.25, 0.3) is 0 Å². The normalized spacial score (nSPS) is 11.9. The summed E-state index contributed by atoms with van der Waals surface area (Å²) in [5.74, 6) is 0.688. The highest BCUT2D eigenvalue weighted by atomic mass is 14.8. The molecule has 2 aromatic heterocycles. The molecular formula is C38H32N2. The topological polar surface area (TPSA) is 25.8 Å². The molecule has 0 radical (unpaired) electrons. The number of hydrogen-bond donors (Lipinski definition) is 0. The molecule has 0 aliphatic rings. The molecule has 0 amide bonds. The van der Waals surface area contributed by atoms with Gasteiger partial charge in [-0.15, -0.1) is 0 Å². The third kappa shape index (κ3) is 4.12. The fourth-order valence-electron chi connectivity index (χ4n) is 5.80. The van der Waals surface area contributed by atoms with Crippen molar-refractivity contribution in [1.82, 2.24) is 9.97 Å². The van der Waals surface area contributed by atoms with E-state index in [0.717, 1.165) is 33.2 Å². The van der Waals surface area contributed by atoms with Gasteiger partial charge in [0.1, 0.15) is 0 Å². The van der Waals surface area contributed by atoms with Gasteiger partial charge in [-0.2, -0.15) is 0 Å². The molecule has 2 heterocycles. The Morgan fingerprint density at radius 1 is 0.425 bits per heavy atom. The molecular weight excluding hydrogens is 484 g/mol. The predicted octanol–water partition coefficient (Wildman–Crippen LogP) is 10.7. The Kier molecular flexibility index (Phi) is 5.86. The molecule has 0 spiro atoms. The molecule has 7 rings (SSSR count). The average Bonchev–Trinajstić information content (AvgIpc) is 2.99. The van der Waals surface area contributed by atoms with Crippen molar-refractivity contribution in [3.63, 3.8) is 0 Å². The second kappa shape index (κ2) is 9.57. The van der Waals surface area contributed by atoms with Crippen molar-refractivity contribution in [3.05, 3.63) is 121 Å². The molecule has 5 aromatic carbocycles. The van der Waals surface area contributed by atoms with Crippen LogP contribution in [0.15, 0.2) is 109 Å². The van der Waals surface area contributed by atoms with E-state index in [1.54, 1.807) is 0 Å². The summed E-state index contributed by atoms with van der Waals surface area (Å²) in [7, 11) is 0. The molecule has 0 unspecified atom stereocenters. The molecule has 0 aliphatic carbocycles. The zero-order chi connectivity index (χ0) is 27.4. The second-order valence-electron chi connectivity index (χ2n) is 11.5. The predicted molar refractivity (Wildman–Crippen MR) is 171 cm³/mol. The van der Waals surface area contributed by atoms with Gasteiger partial charge in [-0.1, -0.05) is 119 Å². The first kappa shape index (κ1) is 24.5. The second-order valence-corrected chi connectivity index (χ2v) is 11.5. The van der Waals surface area contributed by atoms with Crippen molar-refractivity contribution in [1.29, 1.82) is 0 Å². The van der Waals surface area contributed by atoms with Crippen LogP contribution in [0.2, 0.25) is 0 Å². The third-order valence-electron chi connectivity index (χ3n) is 8.14. The zero-order valence-corrected chi connectivity index (χ0v) is 23.4. The largest absolute Gasteiger partial charge is 0.250 e. The number of nitrogens with zero attached hydrogens (tertiary/aromatic N) is 2. The highest BCUT2D eigenvalue weighted by Crippen LogP contribution is 2.36. The number of rotatable bonds is 4. The minimum atomic E-state index is 0.319. The van der Waals surface area contributed by atoms with E-state index in [1.165, 1.54) is 43.8 Å². The molecule has 40 heavy (non-hydrogen) atoms. The monoisotopic (exact) mass is 516 g/mol. The number of pyridine rings is 2. The van der Waals surface area contributed by atoms with Crippen molar-refractivity contribution in [3.8, 4) is 22.3 Å². The number of fused-ring (bicyclic) bond motifs is 6. The molecule has 0 saturated carbocycles. The fraction of sp³-hybridized carbons (Fsp3) is 0.158. The van der Waals surface area contributed by atoms with E-state index in [2.05, 4.69) is 137 Å². The van der Waals surface area contributed by atoms with E-state index < -0.39 is 0 Å². The Morgan fingerprint density at radius 2 is 1.02 bits per heavy atom. The molecule has 194 valence electrons. The molecule has 0 fully saturated rings. The Balaban J connectivity index is 1.35. The average molecular weight is 517 g/mol. The van der Waals surface area contributed by atoms with Gasteiger partial charge in [0.15, 0.2) is 0 Å². The van der Waals surface area contributed by atoms with Crippen LogP contribution in [0.4, 0.5) is 0 Å². The van der Waals surface area contributed by atoms with E-state index in [0.29, 0.717) is 11.8 Å². The molecule has 2 heteroatoms. The molecule has 0 aliphatic heterocycles. The maximum atomic E-state index is 5.14. The standard InChI is InChI=1S/C38H32N2/c1-23(2)35-20-17-28-15-19-33-34(22-36(24(3)4)40-38(33)37(28)39-35)27-11-9-25(10-12-27)29-16-18-32-30(21-29)14-13-26-7-5-6-8-31(26)32/h5-24H,1-4H3. The van der Waals surface area contributed by atoms with Gasteiger partial charge < -0.3 is 0 Å². The van der Waals surface area contributed by atoms with Gasteiger partial charge in [0, 0.05) is 22.2 Å². The molecule has 0 bridgehead atoms. The lowest BCUT2D eigenvalue weighted by molar-refractivity contribution is 0.826. The zero-order valence-electron chi connectivity index (χ0n) is 23.4. The van der Waals surface area contributed by atoms with Crippen molar-refractivity contribution >= 4 is 43.4 Å².